The summed E-state index contributed by atoms with van der Waals surface area (Å²) in [4.78, 5) is 23.0. The number of carbonyl (C=O) groups is 2. The Bertz CT molecular complexity index is 365. The molecule has 0 spiro atoms. The van der Waals surface area contributed by atoms with Crippen LogP contribution in [0.2, 0.25) is 0 Å². The van der Waals surface area contributed by atoms with E-state index in [1.807, 2.05) is 30.3 Å². The molecule has 0 unspecified atom stereocenters. The Morgan fingerprint density at radius 1 is 1.31 bits per heavy atom. The van der Waals surface area contributed by atoms with Crippen molar-refractivity contribution in [1.29, 1.82) is 0 Å². The molecule has 0 aliphatic heterocycles. The first-order chi connectivity index (χ1) is 7.59. The van der Waals surface area contributed by atoms with E-state index in [9.17, 15) is 9.59 Å². The third-order valence-corrected chi connectivity index (χ3v) is 1.91. The van der Waals surface area contributed by atoms with Gasteiger partial charge in [0.15, 0.2) is 0 Å². The van der Waals surface area contributed by atoms with Crippen LogP contribution in [0.3, 0.4) is 0 Å². The van der Waals surface area contributed by atoms with Crippen LogP contribution in [-0.2, 0) is 16.1 Å². The number of carbonyl (C=O) groups excluding carboxylic acids is 2. The number of ether oxygens (including phenoxy) is 1. The van der Waals surface area contributed by atoms with Crippen molar-refractivity contribution in [3.63, 3.8) is 0 Å². The molecule has 0 heterocycles. The number of rotatable bonds is 4. The largest absolute Gasteiger partial charge is 0.445 e. The number of likely N-dealkylation sites (N-methyl/N-ethyl adjacent to an activating group) is 1. The third-order valence-electron chi connectivity index (χ3n) is 1.91. The summed E-state index contributed by atoms with van der Waals surface area (Å²) in [5.74, 6) is -0.570. The molecule has 16 heavy (non-hydrogen) atoms. The lowest BCUT2D eigenvalue weighted by Crippen LogP contribution is -2.35. The van der Waals surface area contributed by atoms with Crippen LogP contribution in [0.4, 0.5) is 4.79 Å². The molecule has 2 N–H and O–H groups in total. The Labute approximate surface area is 93.8 Å². The lowest BCUT2D eigenvalue weighted by molar-refractivity contribution is -0.118. The lowest BCUT2D eigenvalue weighted by atomic mass is 10.2. The molecule has 0 fully saturated rings. The summed E-state index contributed by atoms with van der Waals surface area (Å²) in [5, 5.41) is 0. The van der Waals surface area contributed by atoms with Gasteiger partial charge in [0.1, 0.15) is 13.2 Å². The summed E-state index contributed by atoms with van der Waals surface area (Å²) in [7, 11) is 1.46. The van der Waals surface area contributed by atoms with Gasteiger partial charge in [-0.3, -0.25) is 4.79 Å². The molecule has 1 aromatic carbocycles. The molecule has 0 atom stereocenters. The van der Waals surface area contributed by atoms with Gasteiger partial charge in [0.25, 0.3) is 0 Å². The molecule has 0 aliphatic carbocycles. The first-order valence-electron chi connectivity index (χ1n) is 4.79. The van der Waals surface area contributed by atoms with Crippen LogP contribution in [0.1, 0.15) is 5.56 Å². The highest BCUT2D eigenvalue weighted by atomic mass is 16.6. The van der Waals surface area contributed by atoms with Crippen LogP contribution < -0.4 is 5.73 Å². The van der Waals surface area contributed by atoms with Gasteiger partial charge in [-0.2, -0.15) is 0 Å². The van der Waals surface area contributed by atoms with E-state index < -0.39 is 12.0 Å². The number of amides is 2. The van der Waals surface area contributed by atoms with E-state index in [-0.39, 0.29) is 13.2 Å². The molecule has 0 aromatic heterocycles. The normalized spacial score (nSPS) is 9.56. The molecule has 0 aliphatic rings. The van der Waals surface area contributed by atoms with Gasteiger partial charge in [-0.15, -0.1) is 0 Å². The smallest absolute Gasteiger partial charge is 0.410 e. The quantitative estimate of drug-likeness (QED) is 0.816. The van der Waals surface area contributed by atoms with Crippen molar-refractivity contribution in [1.82, 2.24) is 4.90 Å². The molecule has 0 saturated carbocycles. The standard InChI is InChI=1S/C11H14N2O3/c1-13(7-10(12)14)11(15)16-8-9-5-3-2-4-6-9/h2-6H,7-8H2,1H3,(H2,12,14). The highest BCUT2D eigenvalue weighted by Crippen LogP contribution is 2.02. The van der Waals surface area contributed by atoms with Crippen molar-refractivity contribution >= 4 is 12.0 Å². The number of benzene rings is 1. The molecule has 5 nitrogen and oxygen atoms in total. The fraction of sp³-hybridized carbons (Fsp3) is 0.273. The predicted molar refractivity (Wildman–Crippen MR) is 58.5 cm³/mol. The van der Waals surface area contributed by atoms with E-state index in [0.717, 1.165) is 10.5 Å². The van der Waals surface area contributed by atoms with Crippen LogP contribution in [0.15, 0.2) is 30.3 Å². The molecule has 0 saturated heterocycles. The molecular formula is C11H14N2O3. The Hall–Kier alpha value is -2.04. The second-order valence-corrected chi connectivity index (χ2v) is 3.36. The summed E-state index contributed by atoms with van der Waals surface area (Å²) in [5.41, 5.74) is 5.84. The number of nitrogens with two attached hydrogens (primary N) is 1. The van der Waals surface area contributed by atoms with Crippen LogP contribution in [-0.4, -0.2) is 30.5 Å². The molecule has 1 aromatic rings. The topological polar surface area (TPSA) is 72.6 Å². The van der Waals surface area contributed by atoms with E-state index in [1.165, 1.54) is 7.05 Å². The number of hydrogen-bond acceptors (Lipinski definition) is 3. The Morgan fingerprint density at radius 2 is 1.94 bits per heavy atom. The summed E-state index contributed by atoms with van der Waals surface area (Å²) in [6, 6.07) is 9.29. The van der Waals surface area contributed by atoms with Gasteiger partial charge in [-0.1, -0.05) is 30.3 Å². The second-order valence-electron chi connectivity index (χ2n) is 3.36. The molecular weight excluding hydrogens is 208 g/mol. The lowest BCUT2D eigenvalue weighted by Gasteiger charge is -2.14. The maximum absolute atomic E-state index is 11.3. The SMILES string of the molecule is CN(CC(N)=O)C(=O)OCc1ccccc1. The average Bonchev–Trinajstić information content (AvgIpc) is 2.26. The Balaban J connectivity index is 2.38. The van der Waals surface area contributed by atoms with Crippen molar-refractivity contribution in [3.8, 4) is 0 Å². The van der Waals surface area contributed by atoms with Gasteiger partial charge in [0.2, 0.25) is 5.91 Å². The molecule has 0 bridgehead atoms. The van der Waals surface area contributed by atoms with E-state index in [1.54, 1.807) is 0 Å². The zero-order valence-electron chi connectivity index (χ0n) is 9.05. The molecule has 86 valence electrons. The second kappa shape index (κ2) is 5.75. The molecule has 5 heteroatoms. The van der Waals surface area contributed by atoms with Crippen molar-refractivity contribution in [2.45, 2.75) is 6.61 Å². The van der Waals surface area contributed by atoms with Gasteiger partial charge < -0.3 is 15.4 Å². The predicted octanol–water partition coefficient (Wildman–Crippen LogP) is 0.740. The summed E-state index contributed by atoms with van der Waals surface area (Å²) in [6.45, 7) is 0.0381. The van der Waals surface area contributed by atoms with Crippen LogP contribution in [0.5, 0.6) is 0 Å². The monoisotopic (exact) mass is 222 g/mol. The minimum absolute atomic E-state index is 0.145. The maximum atomic E-state index is 11.3. The summed E-state index contributed by atoms with van der Waals surface area (Å²) < 4.78 is 4.97. The van der Waals surface area contributed by atoms with Gasteiger partial charge in [0.05, 0.1) is 0 Å². The van der Waals surface area contributed by atoms with E-state index in [4.69, 9.17) is 10.5 Å². The highest BCUT2D eigenvalue weighted by molar-refractivity contribution is 5.80. The zero-order chi connectivity index (χ0) is 12.0. The van der Waals surface area contributed by atoms with Gasteiger partial charge >= 0.3 is 6.09 Å². The Morgan fingerprint density at radius 3 is 2.50 bits per heavy atom. The zero-order valence-corrected chi connectivity index (χ0v) is 9.05. The number of hydrogen-bond donors (Lipinski definition) is 1. The molecule has 0 radical (unpaired) electrons. The maximum Gasteiger partial charge on any atom is 0.410 e. The average molecular weight is 222 g/mol. The van der Waals surface area contributed by atoms with Crippen molar-refractivity contribution in [2.24, 2.45) is 5.73 Å². The van der Waals surface area contributed by atoms with E-state index in [2.05, 4.69) is 0 Å². The van der Waals surface area contributed by atoms with E-state index in [0.29, 0.717) is 0 Å². The first-order valence-corrected chi connectivity index (χ1v) is 4.79. The first kappa shape index (κ1) is 12.0. The Kier molecular flexibility index (Phi) is 4.32. The van der Waals surface area contributed by atoms with Gasteiger partial charge in [-0.05, 0) is 5.56 Å². The summed E-state index contributed by atoms with van der Waals surface area (Å²) in [6.07, 6.45) is -0.567. The minimum Gasteiger partial charge on any atom is -0.445 e. The molecule has 1 rings (SSSR count). The summed E-state index contributed by atoms with van der Waals surface area (Å²) >= 11 is 0. The minimum atomic E-state index is -0.570. The third kappa shape index (κ3) is 4.00. The fourth-order valence-corrected chi connectivity index (χ4v) is 1.13. The number of nitrogens with zero attached hydrogens (tertiary/aromatic N) is 1. The van der Waals surface area contributed by atoms with Crippen molar-refractivity contribution < 1.29 is 14.3 Å². The fourth-order valence-electron chi connectivity index (χ4n) is 1.13. The van der Waals surface area contributed by atoms with Gasteiger partial charge in [-0.25, -0.2) is 4.79 Å². The van der Waals surface area contributed by atoms with Crippen molar-refractivity contribution in [3.05, 3.63) is 35.9 Å². The van der Waals surface area contributed by atoms with Crippen LogP contribution in [0, 0.1) is 0 Å². The van der Waals surface area contributed by atoms with Crippen LogP contribution >= 0.6 is 0 Å². The van der Waals surface area contributed by atoms with E-state index >= 15 is 0 Å². The number of primary amides is 1. The highest BCUT2D eigenvalue weighted by Gasteiger charge is 2.11. The van der Waals surface area contributed by atoms with Crippen molar-refractivity contribution in [2.75, 3.05) is 13.6 Å². The van der Waals surface area contributed by atoms with Crippen LogP contribution in [0.25, 0.3) is 0 Å². The molecule has 2 amide bonds. The van der Waals surface area contributed by atoms with Gasteiger partial charge in [0, 0.05) is 7.05 Å².